The van der Waals surface area contributed by atoms with E-state index in [1.165, 1.54) is 18.1 Å². The molecule has 1 rings (SSSR count). The number of aromatic nitrogens is 2. The molecule has 1 heterocycles. The Labute approximate surface area is 120 Å². The van der Waals surface area contributed by atoms with Crippen LogP contribution < -0.4 is 0 Å². The van der Waals surface area contributed by atoms with Crippen LogP contribution in [0.25, 0.3) is 0 Å². The summed E-state index contributed by atoms with van der Waals surface area (Å²) in [6.45, 7) is 1.00. The highest BCUT2D eigenvalue weighted by Gasteiger charge is 2.19. The van der Waals surface area contributed by atoms with Gasteiger partial charge in [0.1, 0.15) is 0 Å². The number of rotatable bonds is 6. The Morgan fingerprint density at radius 3 is 2.84 bits per heavy atom. The van der Waals surface area contributed by atoms with Gasteiger partial charge in [-0.2, -0.15) is 5.26 Å². The van der Waals surface area contributed by atoms with Gasteiger partial charge in [-0.1, -0.05) is 23.2 Å². The topological polar surface area (TPSA) is 79.1 Å². The van der Waals surface area contributed by atoms with Gasteiger partial charge in [-0.15, -0.1) is 10.2 Å². The number of ether oxygens (including phenoxy) is 1. The van der Waals surface area contributed by atoms with Gasteiger partial charge in [0.25, 0.3) is 5.91 Å². The maximum absolute atomic E-state index is 12.3. The number of amides is 1. The van der Waals surface area contributed by atoms with E-state index >= 15 is 0 Å². The smallest absolute Gasteiger partial charge is 0.257 e. The molecule has 0 saturated heterocycles. The Morgan fingerprint density at radius 2 is 2.21 bits per heavy atom. The predicted molar refractivity (Wildman–Crippen MR) is 70.1 cm³/mol. The lowest BCUT2D eigenvalue weighted by molar-refractivity contribution is 0.0699. The van der Waals surface area contributed by atoms with Crippen LogP contribution in [0.1, 0.15) is 16.8 Å². The van der Waals surface area contributed by atoms with E-state index in [9.17, 15) is 4.79 Å². The molecule has 0 N–H and O–H groups in total. The van der Waals surface area contributed by atoms with E-state index in [4.69, 9.17) is 33.2 Å². The van der Waals surface area contributed by atoms with Crippen molar-refractivity contribution in [3.05, 3.63) is 21.9 Å². The maximum Gasteiger partial charge on any atom is 0.257 e. The first kappa shape index (κ1) is 15.6. The van der Waals surface area contributed by atoms with E-state index < -0.39 is 0 Å². The summed E-state index contributed by atoms with van der Waals surface area (Å²) >= 11 is 11.5. The van der Waals surface area contributed by atoms with Crippen molar-refractivity contribution in [1.82, 2.24) is 15.1 Å². The Bertz CT molecular complexity index is 490. The second-order valence-corrected chi connectivity index (χ2v) is 4.31. The fourth-order valence-electron chi connectivity index (χ4n) is 1.37. The molecule has 1 amide bonds. The number of hydrogen-bond donors (Lipinski definition) is 0. The normalized spacial score (nSPS) is 10.0. The molecular weight excluding hydrogens is 291 g/mol. The molecule has 0 aliphatic rings. The second-order valence-electron chi connectivity index (χ2n) is 3.56. The summed E-state index contributed by atoms with van der Waals surface area (Å²) in [7, 11) is 1.53. The lowest BCUT2D eigenvalue weighted by Crippen LogP contribution is -2.35. The molecule has 0 spiro atoms. The lowest BCUT2D eigenvalue weighted by atomic mass is 10.2. The first-order chi connectivity index (χ1) is 9.10. The zero-order valence-electron chi connectivity index (χ0n) is 10.3. The summed E-state index contributed by atoms with van der Waals surface area (Å²) in [4.78, 5) is 13.7. The maximum atomic E-state index is 12.3. The van der Waals surface area contributed by atoms with E-state index in [1.54, 1.807) is 0 Å². The third-order valence-corrected chi connectivity index (χ3v) is 2.76. The van der Waals surface area contributed by atoms with Crippen LogP contribution >= 0.6 is 23.2 Å². The van der Waals surface area contributed by atoms with Crippen molar-refractivity contribution in [2.45, 2.75) is 6.42 Å². The van der Waals surface area contributed by atoms with Crippen molar-refractivity contribution >= 4 is 29.1 Å². The van der Waals surface area contributed by atoms with E-state index in [0.29, 0.717) is 13.2 Å². The van der Waals surface area contributed by atoms with Gasteiger partial charge in [-0.3, -0.25) is 4.79 Å². The monoisotopic (exact) mass is 302 g/mol. The number of carbonyl (C=O) groups excluding carboxylic acids is 1. The molecule has 1 aromatic heterocycles. The van der Waals surface area contributed by atoms with Crippen LogP contribution in [0.4, 0.5) is 0 Å². The highest BCUT2D eigenvalue weighted by atomic mass is 35.5. The first-order valence-corrected chi connectivity index (χ1v) is 6.19. The minimum atomic E-state index is -0.353. The molecule has 0 radical (unpaired) electrons. The van der Waals surface area contributed by atoms with Gasteiger partial charge in [0.2, 0.25) is 0 Å². The molecule has 8 heteroatoms. The summed E-state index contributed by atoms with van der Waals surface area (Å²) in [5, 5.41) is 15.8. The predicted octanol–water partition coefficient (Wildman–Crippen LogP) is 1.79. The standard InChI is InChI=1S/C11H12Cl2N4O2/c1-19-6-5-17(4-2-3-14)11(18)8-7-9(12)15-16-10(8)13/h7H,2,4-6H2,1H3. The van der Waals surface area contributed by atoms with Crippen LogP contribution in [0.2, 0.25) is 10.3 Å². The number of nitrogens with zero attached hydrogens (tertiary/aromatic N) is 4. The highest BCUT2D eigenvalue weighted by Crippen LogP contribution is 2.17. The molecule has 0 unspecified atom stereocenters. The van der Waals surface area contributed by atoms with Gasteiger partial charge >= 0.3 is 0 Å². The SMILES string of the molecule is COCCN(CCC#N)C(=O)c1cc(Cl)nnc1Cl. The molecule has 6 nitrogen and oxygen atoms in total. The number of nitriles is 1. The van der Waals surface area contributed by atoms with Crippen LogP contribution in [0.15, 0.2) is 6.07 Å². The quantitative estimate of drug-likeness (QED) is 0.800. The molecule has 1 aromatic rings. The fourth-order valence-corrected chi connectivity index (χ4v) is 1.69. The van der Waals surface area contributed by atoms with Gasteiger partial charge in [-0.05, 0) is 6.07 Å². The van der Waals surface area contributed by atoms with Gasteiger partial charge < -0.3 is 9.64 Å². The van der Waals surface area contributed by atoms with Gasteiger partial charge in [0.15, 0.2) is 10.3 Å². The number of methoxy groups -OCH3 is 1. The van der Waals surface area contributed by atoms with Crippen LogP contribution in [-0.4, -0.2) is 47.8 Å². The highest BCUT2D eigenvalue weighted by molar-refractivity contribution is 6.34. The Morgan fingerprint density at radius 1 is 1.47 bits per heavy atom. The fraction of sp³-hybridized carbons (Fsp3) is 0.455. The molecule has 0 atom stereocenters. The molecule has 0 saturated carbocycles. The van der Waals surface area contributed by atoms with Gasteiger partial charge in [0.05, 0.1) is 24.7 Å². The molecule has 0 aliphatic heterocycles. The summed E-state index contributed by atoms with van der Waals surface area (Å²) in [5.74, 6) is -0.353. The molecule has 0 fully saturated rings. The third-order valence-electron chi connectivity index (χ3n) is 2.30. The first-order valence-electron chi connectivity index (χ1n) is 5.44. The number of halogens is 2. The van der Waals surface area contributed by atoms with Gasteiger partial charge in [0, 0.05) is 20.2 Å². The van der Waals surface area contributed by atoms with Crippen LogP contribution in [0, 0.1) is 11.3 Å². The third kappa shape index (κ3) is 4.63. The van der Waals surface area contributed by atoms with Crippen molar-refractivity contribution in [2.75, 3.05) is 26.8 Å². The Kier molecular flexibility index (Phi) is 6.50. The van der Waals surface area contributed by atoms with Crippen molar-refractivity contribution in [3.8, 4) is 6.07 Å². The Balaban J connectivity index is 2.91. The van der Waals surface area contributed by atoms with Gasteiger partial charge in [-0.25, -0.2) is 0 Å². The molecule has 0 aliphatic carbocycles. The molecule has 102 valence electrons. The number of carbonyl (C=O) groups is 1. The average Bonchev–Trinajstić information content (AvgIpc) is 2.41. The van der Waals surface area contributed by atoms with Crippen molar-refractivity contribution < 1.29 is 9.53 Å². The summed E-state index contributed by atoms with van der Waals surface area (Å²) in [6, 6.07) is 3.34. The lowest BCUT2D eigenvalue weighted by Gasteiger charge is -2.21. The summed E-state index contributed by atoms with van der Waals surface area (Å²) in [5.41, 5.74) is 0.163. The van der Waals surface area contributed by atoms with Crippen LogP contribution in [0.3, 0.4) is 0 Å². The molecule has 19 heavy (non-hydrogen) atoms. The second kappa shape index (κ2) is 7.89. The van der Waals surface area contributed by atoms with E-state index in [0.717, 1.165) is 0 Å². The van der Waals surface area contributed by atoms with E-state index in [-0.39, 0.29) is 34.7 Å². The minimum absolute atomic E-state index is 0.0197. The number of hydrogen-bond acceptors (Lipinski definition) is 5. The largest absolute Gasteiger partial charge is 0.383 e. The zero-order chi connectivity index (χ0) is 14.3. The summed E-state index contributed by atoms with van der Waals surface area (Å²) in [6.07, 6.45) is 0.222. The zero-order valence-corrected chi connectivity index (χ0v) is 11.8. The van der Waals surface area contributed by atoms with E-state index in [1.807, 2.05) is 6.07 Å². The minimum Gasteiger partial charge on any atom is -0.383 e. The summed E-state index contributed by atoms with van der Waals surface area (Å²) < 4.78 is 4.93. The van der Waals surface area contributed by atoms with Crippen molar-refractivity contribution in [1.29, 1.82) is 5.26 Å². The van der Waals surface area contributed by atoms with E-state index in [2.05, 4.69) is 10.2 Å². The van der Waals surface area contributed by atoms with Crippen LogP contribution in [-0.2, 0) is 4.74 Å². The average molecular weight is 303 g/mol. The molecule has 0 aromatic carbocycles. The van der Waals surface area contributed by atoms with Crippen molar-refractivity contribution in [3.63, 3.8) is 0 Å². The Hall–Kier alpha value is -1.42. The van der Waals surface area contributed by atoms with Crippen LogP contribution in [0.5, 0.6) is 0 Å². The van der Waals surface area contributed by atoms with Crippen molar-refractivity contribution in [2.24, 2.45) is 0 Å². The molecular formula is C11H12Cl2N4O2. The molecule has 0 bridgehead atoms.